The number of carboxylic acid groups (broad SMARTS) is 1. The summed E-state index contributed by atoms with van der Waals surface area (Å²) in [5.41, 5.74) is 3.66. The molecule has 1 aliphatic rings. The van der Waals surface area contributed by atoms with E-state index in [1.807, 2.05) is 6.92 Å². The zero-order valence-electron chi connectivity index (χ0n) is 7.85. The van der Waals surface area contributed by atoms with Crippen molar-refractivity contribution >= 4 is 5.97 Å². The number of hydrogen-bond acceptors (Lipinski definition) is 1. The van der Waals surface area contributed by atoms with Crippen LogP contribution >= 0.6 is 0 Å². The predicted octanol–water partition coefficient (Wildman–Crippen LogP) is 2.07. The van der Waals surface area contributed by atoms with Gasteiger partial charge in [0.15, 0.2) is 0 Å². The van der Waals surface area contributed by atoms with Crippen LogP contribution in [0, 0.1) is 6.92 Å². The number of rotatable bonds is 1. The Kier molecular flexibility index (Phi) is 1.68. The number of aromatic nitrogens is 1. The Labute approximate surface area is 76.8 Å². The van der Waals surface area contributed by atoms with E-state index >= 15 is 0 Å². The molecule has 0 unspecified atom stereocenters. The normalized spacial score (nSPS) is 20.3. The summed E-state index contributed by atoms with van der Waals surface area (Å²) in [5, 5.41) is 8.88. The van der Waals surface area contributed by atoms with Crippen molar-refractivity contribution in [3.63, 3.8) is 0 Å². The van der Waals surface area contributed by atoms with Crippen molar-refractivity contribution in [2.24, 2.45) is 0 Å². The monoisotopic (exact) mass is 179 g/mol. The van der Waals surface area contributed by atoms with Gasteiger partial charge >= 0.3 is 5.97 Å². The molecule has 1 aliphatic carbocycles. The molecule has 70 valence electrons. The lowest BCUT2D eigenvalue weighted by Crippen LogP contribution is -2.00. The first-order chi connectivity index (χ1) is 6.11. The van der Waals surface area contributed by atoms with E-state index in [2.05, 4.69) is 11.9 Å². The van der Waals surface area contributed by atoms with Crippen LogP contribution in [0.1, 0.15) is 46.6 Å². The van der Waals surface area contributed by atoms with E-state index in [1.54, 1.807) is 0 Å². The molecule has 0 radical (unpaired) electrons. The second-order valence-electron chi connectivity index (χ2n) is 3.76. The Morgan fingerprint density at radius 3 is 2.85 bits per heavy atom. The van der Waals surface area contributed by atoms with Crippen LogP contribution in [0.3, 0.4) is 0 Å². The molecule has 0 amide bonds. The predicted molar refractivity (Wildman–Crippen MR) is 49.2 cm³/mol. The fraction of sp³-hybridized carbons (Fsp3) is 0.500. The maximum absolute atomic E-state index is 10.8. The number of nitrogens with one attached hydrogen (secondary N) is 1. The molecule has 3 heteroatoms. The summed E-state index contributed by atoms with van der Waals surface area (Å²) in [4.78, 5) is 13.8. The topological polar surface area (TPSA) is 53.1 Å². The largest absolute Gasteiger partial charge is 0.477 e. The summed E-state index contributed by atoms with van der Waals surface area (Å²) >= 11 is 0. The van der Waals surface area contributed by atoms with Crippen molar-refractivity contribution in [2.45, 2.75) is 32.6 Å². The molecule has 1 atom stereocenters. The second-order valence-corrected chi connectivity index (χ2v) is 3.76. The van der Waals surface area contributed by atoms with E-state index in [-0.39, 0.29) is 0 Å². The Hall–Kier alpha value is -1.25. The summed E-state index contributed by atoms with van der Waals surface area (Å²) < 4.78 is 0. The number of hydrogen-bond donors (Lipinski definition) is 2. The first-order valence-corrected chi connectivity index (χ1v) is 4.56. The molecule has 1 aromatic heterocycles. The third-order valence-electron chi connectivity index (χ3n) is 2.91. The Morgan fingerprint density at radius 2 is 2.31 bits per heavy atom. The lowest BCUT2D eigenvalue weighted by Gasteiger charge is -2.02. The van der Waals surface area contributed by atoms with E-state index < -0.39 is 5.97 Å². The van der Waals surface area contributed by atoms with Crippen molar-refractivity contribution in [3.8, 4) is 0 Å². The van der Waals surface area contributed by atoms with Crippen LogP contribution in [0.25, 0.3) is 0 Å². The number of aromatic amines is 1. The highest BCUT2D eigenvalue weighted by molar-refractivity contribution is 5.88. The Balaban J connectivity index is 2.56. The molecule has 13 heavy (non-hydrogen) atoms. The van der Waals surface area contributed by atoms with Crippen LogP contribution in [0.2, 0.25) is 0 Å². The molecular weight excluding hydrogens is 166 g/mol. The van der Waals surface area contributed by atoms with E-state index in [0.29, 0.717) is 11.6 Å². The number of H-pyrrole nitrogens is 1. The van der Waals surface area contributed by atoms with Crippen LogP contribution in [0.15, 0.2) is 0 Å². The van der Waals surface area contributed by atoms with Gasteiger partial charge in [-0.15, -0.1) is 0 Å². The van der Waals surface area contributed by atoms with Crippen molar-refractivity contribution in [2.75, 3.05) is 0 Å². The van der Waals surface area contributed by atoms with Gasteiger partial charge in [-0.05, 0) is 36.8 Å². The highest BCUT2D eigenvalue weighted by atomic mass is 16.4. The Bertz CT molecular complexity index is 365. The summed E-state index contributed by atoms with van der Waals surface area (Å²) in [6, 6.07) is 0. The van der Waals surface area contributed by atoms with Crippen molar-refractivity contribution in [3.05, 3.63) is 22.5 Å². The third-order valence-corrected chi connectivity index (χ3v) is 2.91. The summed E-state index contributed by atoms with van der Waals surface area (Å²) in [7, 11) is 0. The first-order valence-electron chi connectivity index (χ1n) is 4.56. The van der Waals surface area contributed by atoms with Crippen molar-refractivity contribution in [1.82, 2.24) is 4.98 Å². The average Bonchev–Trinajstić information content (AvgIpc) is 2.55. The van der Waals surface area contributed by atoms with Crippen LogP contribution < -0.4 is 0 Å². The number of aromatic carboxylic acids is 1. The van der Waals surface area contributed by atoms with Gasteiger partial charge in [0.05, 0.1) is 0 Å². The van der Waals surface area contributed by atoms with Gasteiger partial charge in [0.25, 0.3) is 0 Å². The first kappa shape index (κ1) is 8.35. The maximum atomic E-state index is 10.8. The van der Waals surface area contributed by atoms with E-state index in [0.717, 1.165) is 24.1 Å². The van der Waals surface area contributed by atoms with Gasteiger partial charge in [-0.3, -0.25) is 0 Å². The highest BCUT2D eigenvalue weighted by Crippen LogP contribution is 2.36. The van der Waals surface area contributed by atoms with E-state index in [4.69, 9.17) is 5.11 Å². The number of carbonyl (C=O) groups is 1. The molecular formula is C10H13NO2. The van der Waals surface area contributed by atoms with E-state index in [9.17, 15) is 4.79 Å². The molecule has 1 heterocycles. The van der Waals surface area contributed by atoms with Gasteiger partial charge in [0.2, 0.25) is 0 Å². The second kappa shape index (κ2) is 2.62. The summed E-state index contributed by atoms with van der Waals surface area (Å²) in [5.74, 6) is -0.335. The standard InChI is InChI=1S/C10H13NO2/c1-5-3-4-7-8(5)6(2)9(11-7)10(12)13/h5,11H,3-4H2,1-2H3,(H,12,13)/t5-/m0/s1. The number of carboxylic acids is 1. The van der Waals surface area contributed by atoms with Crippen molar-refractivity contribution < 1.29 is 9.90 Å². The quantitative estimate of drug-likeness (QED) is 0.693. The average molecular weight is 179 g/mol. The van der Waals surface area contributed by atoms with Gasteiger partial charge in [0, 0.05) is 5.69 Å². The molecule has 0 spiro atoms. The molecule has 0 aromatic carbocycles. The van der Waals surface area contributed by atoms with Gasteiger partial charge in [-0.1, -0.05) is 6.92 Å². The number of fused-ring (bicyclic) bond motifs is 1. The summed E-state index contributed by atoms with van der Waals surface area (Å²) in [6.45, 7) is 4.04. The van der Waals surface area contributed by atoms with Crippen LogP contribution in [-0.4, -0.2) is 16.1 Å². The van der Waals surface area contributed by atoms with Crippen LogP contribution in [-0.2, 0) is 6.42 Å². The van der Waals surface area contributed by atoms with Gasteiger partial charge in [-0.25, -0.2) is 4.79 Å². The molecule has 0 bridgehead atoms. The minimum atomic E-state index is -0.848. The molecule has 2 rings (SSSR count). The minimum Gasteiger partial charge on any atom is -0.477 e. The lowest BCUT2D eigenvalue weighted by molar-refractivity contribution is 0.0690. The lowest BCUT2D eigenvalue weighted by atomic mass is 10.0. The van der Waals surface area contributed by atoms with Gasteiger partial charge < -0.3 is 10.1 Å². The van der Waals surface area contributed by atoms with Gasteiger partial charge in [0.1, 0.15) is 5.69 Å². The molecule has 0 fully saturated rings. The van der Waals surface area contributed by atoms with Crippen LogP contribution in [0.5, 0.6) is 0 Å². The molecule has 0 saturated carbocycles. The Morgan fingerprint density at radius 1 is 1.62 bits per heavy atom. The maximum Gasteiger partial charge on any atom is 0.352 e. The fourth-order valence-electron chi connectivity index (χ4n) is 2.26. The number of aryl methyl sites for hydroxylation is 1. The smallest absolute Gasteiger partial charge is 0.352 e. The highest BCUT2D eigenvalue weighted by Gasteiger charge is 2.26. The van der Waals surface area contributed by atoms with Crippen molar-refractivity contribution in [1.29, 1.82) is 0 Å². The molecule has 2 N–H and O–H groups in total. The fourth-order valence-corrected chi connectivity index (χ4v) is 2.26. The minimum absolute atomic E-state index is 0.372. The zero-order valence-corrected chi connectivity index (χ0v) is 7.85. The van der Waals surface area contributed by atoms with Gasteiger partial charge in [-0.2, -0.15) is 0 Å². The SMILES string of the molecule is Cc1c(C(=O)O)[nH]c2c1[C@@H](C)CC2. The third kappa shape index (κ3) is 1.07. The zero-order chi connectivity index (χ0) is 9.59. The molecule has 0 aliphatic heterocycles. The van der Waals surface area contributed by atoms with Crippen LogP contribution in [0.4, 0.5) is 0 Å². The molecule has 0 saturated heterocycles. The van der Waals surface area contributed by atoms with E-state index in [1.165, 1.54) is 5.56 Å². The molecule has 1 aromatic rings. The summed E-state index contributed by atoms with van der Waals surface area (Å²) in [6.07, 6.45) is 2.13. The molecule has 3 nitrogen and oxygen atoms in total.